The second-order valence-electron chi connectivity index (χ2n) is 18.5. The van der Waals surface area contributed by atoms with Crippen molar-refractivity contribution in [1.82, 2.24) is 0 Å². The van der Waals surface area contributed by atoms with Gasteiger partial charge < -0.3 is 23.7 Å². The van der Waals surface area contributed by atoms with E-state index in [1.54, 1.807) is 0 Å². The summed E-state index contributed by atoms with van der Waals surface area (Å²) in [4.78, 5) is 0. The first-order valence-electron chi connectivity index (χ1n) is 20.3. The Morgan fingerprint density at radius 1 is 0.452 bits per heavy atom. The van der Waals surface area contributed by atoms with Gasteiger partial charge in [-0.15, -0.1) is 82.8 Å². The van der Waals surface area contributed by atoms with Crippen molar-refractivity contribution in [3.63, 3.8) is 0 Å². The molecule has 2 heterocycles. The van der Waals surface area contributed by atoms with Gasteiger partial charge in [-0.1, -0.05) is 143 Å². The second-order valence-corrected chi connectivity index (χ2v) is 28.4. The molecule has 0 saturated carbocycles. The van der Waals surface area contributed by atoms with Gasteiger partial charge in [0.1, 0.15) is 16.1 Å². The van der Waals surface area contributed by atoms with Crippen LogP contribution in [0.3, 0.4) is 0 Å². The van der Waals surface area contributed by atoms with Crippen molar-refractivity contribution >= 4 is 80.2 Å². The van der Waals surface area contributed by atoms with Gasteiger partial charge in [0, 0.05) is 0 Å². The van der Waals surface area contributed by atoms with E-state index in [-0.39, 0.29) is 39.7 Å². The van der Waals surface area contributed by atoms with E-state index < -0.39 is 16.1 Å². The van der Waals surface area contributed by atoms with Crippen LogP contribution in [0.15, 0.2) is 106 Å². The third kappa shape index (κ3) is 11.7. The number of hydrogen-bond acceptors (Lipinski definition) is 2. The van der Waals surface area contributed by atoms with Crippen molar-refractivity contribution < 1.29 is 32.2 Å². The first-order chi connectivity index (χ1) is 27.3. The SMILES string of the molecule is Cc1cc(C)cc(-c2c(C)c(C)cc3[cH-]c(-c4ccc([Si](C)(C)C)o4)cc23)c1.Cc1cc(C)cc(-c2c(C)c(C)cc3[cH-]c(-c4ccc([Si](C)(C)C)o4)cc23)c1.Cl.Cl.[CH3-].[CH3-].[Si]=[Zr]. The molecule has 0 bridgehead atoms. The maximum atomic E-state index is 6.27. The monoisotopic (exact) mass is 990 g/mol. The van der Waals surface area contributed by atoms with E-state index >= 15 is 0 Å². The van der Waals surface area contributed by atoms with Crippen LogP contribution < -0.4 is 10.8 Å². The number of fused-ring (bicyclic) bond motifs is 2. The van der Waals surface area contributed by atoms with Crippen LogP contribution in [0.25, 0.3) is 66.4 Å². The fourth-order valence-electron chi connectivity index (χ4n) is 8.26. The van der Waals surface area contributed by atoms with E-state index in [0.717, 1.165) is 22.3 Å². The number of aryl methyl sites for hydroxylation is 6. The second kappa shape index (κ2) is 21.6. The van der Waals surface area contributed by atoms with Crippen LogP contribution >= 0.6 is 24.8 Å². The molecule has 62 heavy (non-hydrogen) atoms. The molecular formula is C54H66Cl2O2Si3Zr-4. The Balaban J connectivity index is 0.000000386. The number of halogens is 2. The molecule has 0 saturated heterocycles. The van der Waals surface area contributed by atoms with Crippen LogP contribution in [0.1, 0.15) is 44.5 Å². The molecule has 0 unspecified atom stereocenters. The molecule has 2 aromatic heterocycles. The van der Waals surface area contributed by atoms with Crippen molar-refractivity contribution in [3.8, 4) is 44.9 Å². The third-order valence-corrected chi connectivity index (χ3v) is 14.8. The van der Waals surface area contributed by atoms with Crippen LogP contribution in [-0.2, 0) is 23.3 Å². The summed E-state index contributed by atoms with van der Waals surface area (Å²) in [7, 11) is -2.89. The average Bonchev–Trinajstić information content (AvgIpc) is 3.95. The molecule has 8 aromatic rings. The predicted octanol–water partition coefficient (Wildman–Crippen LogP) is 15.9. The zero-order valence-electron chi connectivity index (χ0n) is 39.9. The number of hydrogen-bond donors (Lipinski definition) is 0. The molecule has 328 valence electrons. The predicted molar refractivity (Wildman–Crippen MR) is 282 cm³/mol. The Morgan fingerprint density at radius 3 is 1.03 bits per heavy atom. The molecule has 0 fully saturated rings. The van der Waals surface area contributed by atoms with Gasteiger partial charge in [0.05, 0.1) is 22.3 Å². The fraction of sp³-hybridized carbons (Fsp3) is 0.259. The summed E-state index contributed by atoms with van der Waals surface area (Å²) in [5.74, 6) is 1.96. The minimum absolute atomic E-state index is 0. The van der Waals surface area contributed by atoms with Gasteiger partial charge in [-0.3, -0.25) is 0 Å². The Kier molecular flexibility index (Phi) is 19.2. The maximum absolute atomic E-state index is 6.27. The van der Waals surface area contributed by atoms with Gasteiger partial charge in [0.25, 0.3) is 0 Å². The standard InChI is InChI=1S/2C26H29OSi.2CH3.2ClH.Si.Zr/c2*1-16-10-17(2)12-22(11-16)26-19(4)18(3)13-20-14-21(15-23(20)26)24-8-9-25(27-24)28(5,6)7;;;;;;/h2*8-15H,1-7H3;2*1H3;2*1H;;/q4*-1;;;;. The van der Waals surface area contributed by atoms with Crippen molar-refractivity contribution in [2.75, 3.05) is 0 Å². The zero-order chi connectivity index (χ0) is 42.4. The van der Waals surface area contributed by atoms with Crippen LogP contribution in [-0.4, -0.2) is 23.0 Å². The van der Waals surface area contributed by atoms with E-state index in [9.17, 15) is 0 Å². The molecule has 0 aliphatic carbocycles. The molecule has 0 N–H and O–H groups in total. The van der Waals surface area contributed by atoms with Crippen LogP contribution in [0, 0.1) is 70.2 Å². The summed E-state index contributed by atoms with van der Waals surface area (Å²) >= 11 is 1.36. The van der Waals surface area contributed by atoms with E-state index in [1.165, 1.54) is 123 Å². The van der Waals surface area contributed by atoms with E-state index in [4.69, 9.17) is 8.83 Å². The van der Waals surface area contributed by atoms with Gasteiger partial charge in [0.2, 0.25) is 0 Å². The molecule has 0 spiro atoms. The number of benzene rings is 4. The summed E-state index contributed by atoms with van der Waals surface area (Å²) in [6.45, 7) is 34.6. The van der Waals surface area contributed by atoms with E-state index in [0.29, 0.717) is 0 Å². The summed E-state index contributed by atoms with van der Waals surface area (Å²) in [6, 6.07) is 36.1. The van der Waals surface area contributed by atoms with Gasteiger partial charge >= 0.3 is 30.2 Å². The molecule has 0 amide bonds. The first-order valence-corrected chi connectivity index (χ1v) is 31.5. The van der Waals surface area contributed by atoms with Crippen molar-refractivity contribution in [2.24, 2.45) is 0 Å². The summed E-state index contributed by atoms with van der Waals surface area (Å²) < 4.78 is 12.5. The Morgan fingerprint density at radius 2 is 0.758 bits per heavy atom. The molecule has 0 aliphatic rings. The topological polar surface area (TPSA) is 26.3 Å². The van der Waals surface area contributed by atoms with Crippen molar-refractivity contribution in [3.05, 3.63) is 156 Å². The van der Waals surface area contributed by atoms with Gasteiger partial charge in [-0.05, 0) is 89.8 Å². The summed E-state index contributed by atoms with van der Waals surface area (Å²) in [5, 5.41) is 7.53. The number of rotatable bonds is 6. The third-order valence-electron chi connectivity index (χ3n) is 11.3. The van der Waals surface area contributed by atoms with Crippen LogP contribution in [0.4, 0.5) is 0 Å². The molecule has 0 atom stereocenters. The average molecular weight is 994 g/mol. The normalized spacial score (nSPS) is 11.0. The Labute approximate surface area is 405 Å². The van der Waals surface area contributed by atoms with Crippen molar-refractivity contribution in [1.29, 1.82) is 0 Å². The summed E-state index contributed by atoms with van der Waals surface area (Å²) in [5.41, 5.74) is 18.3. The molecule has 2 radical (unpaired) electrons. The van der Waals surface area contributed by atoms with E-state index in [1.807, 2.05) is 0 Å². The minimum atomic E-state index is -1.45. The van der Waals surface area contributed by atoms with Crippen LogP contribution in [0.2, 0.25) is 39.3 Å². The zero-order valence-corrected chi connectivity index (χ0v) is 47.0. The summed E-state index contributed by atoms with van der Waals surface area (Å²) in [6.07, 6.45) is 0. The Hall–Kier alpha value is -3.23. The van der Waals surface area contributed by atoms with E-state index in [2.05, 4.69) is 199 Å². The molecule has 6 aromatic carbocycles. The van der Waals surface area contributed by atoms with Crippen molar-refractivity contribution in [2.45, 2.75) is 94.7 Å². The van der Waals surface area contributed by atoms with Crippen LogP contribution in [0.5, 0.6) is 0 Å². The number of furan rings is 2. The molecular weight excluding hydrogens is 927 g/mol. The molecule has 8 rings (SSSR count). The van der Waals surface area contributed by atoms with Gasteiger partial charge in [-0.2, -0.15) is 0 Å². The molecule has 8 heteroatoms. The molecule has 0 aliphatic heterocycles. The molecule has 2 nitrogen and oxygen atoms in total. The quantitative estimate of drug-likeness (QED) is 0.123. The Bertz CT molecular complexity index is 2550. The fourth-order valence-corrected chi connectivity index (χ4v) is 10.3. The van der Waals surface area contributed by atoms with Gasteiger partial charge in [-0.25, -0.2) is 0 Å². The van der Waals surface area contributed by atoms with Gasteiger partial charge in [0.15, 0.2) is 0 Å². The first kappa shape index (κ1) is 54.9.